The first-order chi connectivity index (χ1) is 12.3. The van der Waals surface area contributed by atoms with Crippen LogP contribution < -0.4 is 14.2 Å². The first-order valence-electron chi connectivity index (χ1n) is 8.67. The second-order valence-corrected chi connectivity index (χ2v) is 6.28. The maximum atomic E-state index is 12.9. The molecule has 0 aromatic heterocycles. The molecule has 1 amide bonds. The molecule has 2 aromatic rings. The highest BCUT2D eigenvalue weighted by Gasteiger charge is 2.30. The fraction of sp³-hybridized carbons (Fsp3) is 0.350. The van der Waals surface area contributed by atoms with E-state index in [-0.39, 0.29) is 12.7 Å². The van der Waals surface area contributed by atoms with Gasteiger partial charge < -0.3 is 19.1 Å². The minimum Gasteiger partial charge on any atom is -0.493 e. The second-order valence-electron chi connectivity index (χ2n) is 6.28. The second kappa shape index (κ2) is 6.67. The van der Waals surface area contributed by atoms with E-state index in [1.165, 1.54) is 5.56 Å². The highest BCUT2D eigenvalue weighted by atomic mass is 16.7. The van der Waals surface area contributed by atoms with E-state index in [1.54, 1.807) is 0 Å². The molecule has 1 saturated heterocycles. The van der Waals surface area contributed by atoms with Gasteiger partial charge in [-0.05, 0) is 43.2 Å². The number of carbonyl (C=O) groups excluding carboxylic acids is 1. The molecule has 2 aromatic carbocycles. The van der Waals surface area contributed by atoms with Crippen LogP contribution in [0.5, 0.6) is 17.2 Å². The summed E-state index contributed by atoms with van der Waals surface area (Å²) in [6.07, 6.45) is 0.947. The number of hydrogen-bond donors (Lipinski definition) is 0. The van der Waals surface area contributed by atoms with Crippen molar-refractivity contribution in [3.05, 3.63) is 53.6 Å². The Hall–Kier alpha value is -2.69. The smallest absolute Gasteiger partial charge is 0.257 e. The molecule has 1 atom stereocenters. The number of fused-ring (bicyclic) bond motifs is 1. The van der Waals surface area contributed by atoms with Crippen LogP contribution in [0.1, 0.15) is 35.2 Å². The maximum Gasteiger partial charge on any atom is 0.257 e. The predicted molar refractivity (Wildman–Crippen MR) is 93.4 cm³/mol. The van der Waals surface area contributed by atoms with Gasteiger partial charge in [0.05, 0.1) is 12.2 Å². The van der Waals surface area contributed by atoms with Crippen LogP contribution in [0.25, 0.3) is 0 Å². The summed E-state index contributed by atoms with van der Waals surface area (Å²) >= 11 is 0. The van der Waals surface area contributed by atoms with Crippen molar-refractivity contribution in [2.45, 2.75) is 19.3 Å². The molecule has 1 fully saturated rings. The number of carbonyl (C=O) groups is 1. The average molecular weight is 339 g/mol. The van der Waals surface area contributed by atoms with E-state index >= 15 is 0 Å². The van der Waals surface area contributed by atoms with E-state index in [2.05, 4.69) is 6.07 Å². The van der Waals surface area contributed by atoms with Crippen molar-refractivity contribution in [3.8, 4) is 17.2 Å². The summed E-state index contributed by atoms with van der Waals surface area (Å²) in [6, 6.07) is 13.5. The molecule has 2 aliphatic heterocycles. The predicted octanol–water partition coefficient (Wildman–Crippen LogP) is 3.44. The fourth-order valence-corrected chi connectivity index (χ4v) is 3.48. The van der Waals surface area contributed by atoms with Gasteiger partial charge in [0.15, 0.2) is 11.5 Å². The number of hydrogen-bond acceptors (Lipinski definition) is 4. The van der Waals surface area contributed by atoms with Crippen molar-refractivity contribution in [1.82, 2.24) is 4.90 Å². The summed E-state index contributed by atoms with van der Waals surface area (Å²) in [5.74, 6) is 2.59. The van der Waals surface area contributed by atoms with E-state index in [0.717, 1.165) is 24.5 Å². The molecule has 0 aliphatic carbocycles. The van der Waals surface area contributed by atoms with Crippen LogP contribution in [-0.2, 0) is 0 Å². The lowest BCUT2D eigenvalue weighted by Crippen LogP contribution is -2.28. The van der Waals surface area contributed by atoms with Crippen molar-refractivity contribution >= 4 is 5.91 Å². The molecular formula is C20H21NO4. The van der Waals surface area contributed by atoms with Gasteiger partial charge in [-0.2, -0.15) is 0 Å². The number of ether oxygens (including phenoxy) is 3. The van der Waals surface area contributed by atoms with Crippen molar-refractivity contribution < 1.29 is 19.0 Å². The zero-order chi connectivity index (χ0) is 17.2. The van der Waals surface area contributed by atoms with Crippen LogP contribution in [-0.4, -0.2) is 37.3 Å². The first kappa shape index (κ1) is 15.8. The highest BCUT2D eigenvalue weighted by molar-refractivity contribution is 5.97. The molecule has 5 nitrogen and oxygen atoms in total. The highest BCUT2D eigenvalue weighted by Crippen LogP contribution is 2.37. The number of para-hydroxylation sites is 1. The van der Waals surface area contributed by atoms with Gasteiger partial charge in [-0.15, -0.1) is 0 Å². The van der Waals surface area contributed by atoms with Gasteiger partial charge in [-0.1, -0.05) is 18.2 Å². The Bertz CT molecular complexity index is 789. The summed E-state index contributed by atoms with van der Waals surface area (Å²) in [6.45, 7) is 4.20. The monoisotopic (exact) mass is 339 g/mol. The van der Waals surface area contributed by atoms with E-state index in [0.29, 0.717) is 30.4 Å². The van der Waals surface area contributed by atoms with Crippen molar-refractivity contribution in [2.24, 2.45) is 0 Å². The molecule has 130 valence electrons. The zero-order valence-electron chi connectivity index (χ0n) is 14.2. The number of nitrogens with zero attached hydrogens (tertiary/aromatic N) is 1. The van der Waals surface area contributed by atoms with Gasteiger partial charge in [0.25, 0.3) is 5.91 Å². The third kappa shape index (κ3) is 3.02. The van der Waals surface area contributed by atoms with Crippen molar-refractivity contribution in [3.63, 3.8) is 0 Å². The van der Waals surface area contributed by atoms with Crippen LogP contribution >= 0.6 is 0 Å². The fourth-order valence-electron chi connectivity index (χ4n) is 3.48. The largest absolute Gasteiger partial charge is 0.493 e. The Morgan fingerprint density at radius 2 is 2.04 bits per heavy atom. The number of benzene rings is 2. The molecule has 0 saturated carbocycles. The van der Waals surface area contributed by atoms with Crippen LogP contribution in [0.15, 0.2) is 42.5 Å². The molecule has 2 heterocycles. The lowest BCUT2D eigenvalue weighted by molar-refractivity contribution is 0.0786. The molecule has 25 heavy (non-hydrogen) atoms. The number of likely N-dealkylation sites (tertiary alicyclic amines) is 1. The van der Waals surface area contributed by atoms with E-state index in [9.17, 15) is 4.79 Å². The number of amides is 1. The zero-order valence-corrected chi connectivity index (χ0v) is 14.2. The Kier molecular flexibility index (Phi) is 4.22. The summed E-state index contributed by atoms with van der Waals surface area (Å²) in [4.78, 5) is 14.8. The van der Waals surface area contributed by atoms with Gasteiger partial charge in [0.1, 0.15) is 5.75 Å². The normalized spacial score (nSPS) is 18.4. The molecule has 1 unspecified atom stereocenters. The van der Waals surface area contributed by atoms with Gasteiger partial charge in [-0.25, -0.2) is 0 Å². The SMILES string of the molecule is CCOc1ccccc1C(=O)N1CCC(c2ccc3c(c2)OCO3)C1. The first-order valence-corrected chi connectivity index (χ1v) is 8.67. The molecule has 2 aliphatic rings. The average Bonchev–Trinajstić information content (AvgIpc) is 3.30. The summed E-state index contributed by atoms with van der Waals surface area (Å²) in [7, 11) is 0. The Labute approximate surface area is 147 Å². The van der Waals surface area contributed by atoms with Gasteiger partial charge in [-0.3, -0.25) is 4.79 Å². The van der Waals surface area contributed by atoms with E-state index in [1.807, 2.05) is 48.2 Å². The molecule has 0 bridgehead atoms. The molecule has 5 heteroatoms. The van der Waals surface area contributed by atoms with Crippen LogP contribution in [0.3, 0.4) is 0 Å². The van der Waals surface area contributed by atoms with Crippen molar-refractivity contribution in [1.29, 1.82) is 0 Å². The molecule has 4 rings (SSSR count). The molecule has 0 spiro atoms. The van der Waals surface area contributed by atoms with Crippen LogP contribution in [0, 0.1) is 0 Å². The van der Waals surface area contributed by atoms with Crippen LogP contribution in [0.4, 0.5) is 0 Å². The quantitative estimate of drug-likeness (QED) is 0.856. The summed E-state index contributed by atoms with van der Waals surface area (Å²) < 4.78 is 16.4. The lowest BCUT2D eigenvalue weighted by Gasteiger charge is -2.18. The Morgan fingerprint density at radius 1 is 1.20 bits per heavy atom. The van der Waals surface area contributed by atoms with Crippen molar-refractivity contribution in [2.75, 3.05) is 26.5 Å². The van der Waals surface area contributed by atoms with E-state index in [4.69, 9.17) is 14.2 Å². The Morgan fingerprint density at radius 3 is 2.92 bits per heavy atom. The standard InChI is InChI=1S/C20H21NO4/c1-2-23-17-6-4-3-5-16(17)20(22)21-10-9-15(12-21)14-7-8-18-19(11-14)25-13-24-18/h3-8,11,15H,2,9-10,12-13H2,1H3. The minimum absolute atomic E-state index is 0.0345. The summed E-state index contributed by atoms with van der Waals surface area (Å²) in [5.41, 5.74) is 1.83. The van der Waals surface area contributed by atoms with E-state index < -0.39 is 0 Å². The topological polar surface area (TPSA) is 48.0 Å². The Balaban J connectivity index is 1.50. The maximum absolute atomic E-state index is 12.9. The van der Waals surface area contributed by atoms with Gasteiger partial charge in [0, 0.05) is 19.0 Å². The van der Waals surface area contributed by atoms with Gasteiger partial charge in [0.2, 0.25) is 6.79 Å². The number of rotatable bonds is 4. The molecule has 0 radical (unpaired) electrons. The lowest BCUT2D eigenvalue weighted by atomic mass is 9.98. The third-order valence-electron chi connectivity index (χ3n) is 4.76. The molecular weight excluding hydrogens is 318 g/mol. The third-order valence-corrected chi connectivity index (χ3v) is 4.76. The minimum atomic E-state index is 0.0345. The van der Waals surface area contributed by atoms with Gasteiger partial charge >= 0.3 is 0 Å². The summed E-state index contributed by atoms with van der Waals surface area (Å²) in [5, 5.41) is 0. The van der Waals surface area contributed by atoms with Crippen LogP contribution in [0.2, 0.25) is 0 Å². The molecule has 0 N–H and O–H groups in total.